The minimum Gasteiger partial charge on any atom is -0.504 e. The van der Waals surface area contributed by atoms with Crippen LogP contribution in [0.4, 0.5) is 17.1 Å². The molecule has 2 rings (SSSR count). The second kappa shape index (κ2) is 6.75. The quantitative estimate of drug-likeness (QED) is 0.587. The van der Waals surface area contributed by atoms with E-state index in [0.717, 1.165) is 12.1 Å². The first kappa shape index (κ1) is 18.2. The molecule has 0 saturated carbocycles. The molecule has 0 aliphatic carbocycles. The maximum Gasteiger partial charge on any atom is 0.325 e. The molecule has 25 heavy (non-hydrogen) atoms. The highest BCUT2D eigenvalue weighted by Gasteiger charge is 2.33. The van der Waals surface area contributed by atoms with E-state index >= 15 is 0 Å². The molecule has 1 N–H and O–H groups in total. The van der Waals surface area contributed by atoms with Crippen LogP contribution in [0.5, 0.6) is 17.2 Å². The van der Waals surface area contributed by atoms with Crippen LogP contribution in [0, 0.1) is 30.3 Å². The van der Waals surface area contributed by atoms with Crippen LogP contribution in [-0.2, 0) is 0 Å². The summed E-state index contributed by atoms with van der Waals surface area (Å²) in [4.78, 5) is 29.9. The molecular weight excluding hydrogens is 385 g/mol. The van der Waals surface area contributed by atoms with Crippen LogP contribution in [0.2, 0.25) is 10.0 Å². The van der Waals surface area contributed by atoms with Gasteiger partial charge >= 0.3 is 11.4 Å². The largest absolute Gasteiger partial charge is 0.504 e. The number of non-ortho nitro benzene ring substituents is 1. The maximum absolute atomic E-state index is 11.1. The van der Waals surface area contributed by atoms with E-state index in [9.17, 15) is 35.4 Å². The first-order valence-electron chi connectivity index (χ1n) is 6.09. The highest BCUT2D eigenvalue weighted by Crippen LogP contribution is 2.45. The Bertz CT molecular complexity index is 882. The predicted octanol–water partition coefficient (Wildman–Crippen LogP) is 4.22. The second-order valence-corrected chi connectivity index (χ2v) is 5.23. The first-order valence-corrected chi connectivity index (χ1v) is 6.84. The molecule has 0 unspecified atom stereocenters. The summed E-state index contributed by atoms with van der Waals surface area (Å²) in [5.41, 5.74) is -2.94. The Morgan fingerprint density at radius 3 is 1.76 bits per heavy atom. The number of hydrogen-bond donors (Lipinski definition) is 1. The molecule has 0 saturated heterocycles. The molecule has 0 atom stereocenters. The number of rotatable bonds is 5. The van der Waals surface area contributed by atoms with Crippen molar-refractivity contribution in [2.75, 3.05) is 0 Å². The number of ether oxygens (including phenoxy) is 1. The maximum atomic E-state index is 11.1. The van der Waals surface area contributed by atoms with Gasteiger partial charge in [0, 0.05) is 12.1 Å². The first-order chi connectivity index (χ1) is 11.6. The molecule has 0 aromatic heterocycles. The van der Waals surface area contributed by atoms with Gasteiger partial charge in [-0.05, 0) is 0 Å². The zero-order valence-corrected chi connectivity index (χ0v) is 13.2. The van der Waals surface area contributed by atoms with E-state index in [1.807, 2.05) is 0 Å². The molecule has 0 heterocycles. The Hall–Kier alpha value is -3.18. The molecular formula is C12H5Cl2N3O8. The normalized spacial score (nSPS) is 10.3. The standard InChI is InChI=1S/C12H5Cl2N3O8/c13-6-3-10(18)11(4-7(6)14)25-12-8(16(21)22)1-5(15(19)20)2-9(12)17(23)24/h1-4,18H. The van der Waals surface area contributed by atoms with Crippen molar-refractivity contribution in [1.29, 1.82) is 0 Å². The van der Waals surface area contributed by atoms with Gasteiger partial charge in [-0.15, -0.1) is 0 Å². The Labute approximate surface area is 147 Å². The summed E-state index contributed by atoms with van der Waals surface area (Å²) in [6.45, 7) is 0. The van der Waals surface area contributed by atoms with Gasteiger partial charge in [-0.1, -0.05) is 23.2 Å². The van der Waals surface area contributed by atoms with E-state index in [0.29, 0.717) is 12.1 Å². The third-order valence-corrected chi connectivity index (χ3v) is 3.57. The molecule has 0 radical (unpaired) electrons. The number of aromatic hydroxyl groups is 1. The summed E-state index contributed by atoms with van der Waals surface area (Å²) in [6.07, 6.45) is 0. The molecule has 13 heteroatoms. The van der Waals surface area contributed by atoms with Crippen LogP contribution in [0.3, 0.4) is 0 Å². The van der Waals surface area contributed by atoms with Crippen LogP contribution in [-0.4, -0.2) is 19.9 Å². The van der Waals surface area contributed by atoms with Crippen molar-refractivity contribution in [2.45, 2.75) is 0 Å². The van der Waals surface area contributed by atoms with Crippen molar-refractivity contribution in [1.82, 2.24) is 0 Å². The van der Waals surface area contributed by atoms with E-state index in [4.69, 9.17) is 27.9 Å². The van der Waals surface area contributed by atoms with Crippen LogP contribution in [0.25, 0.3) is 0 Å². The number of benzene rings is 2. The molecule has 2 aromatic rings. The summed E-state index contributed by atoms with van der Waals surface area (Å²) in [5.74, 6) is -1.97. The summed E-state index contributed by atoms with van der Waals surface area (Å²) in [6, 6.07) is 2.93. The molecule has 0 spiro atoms. The van der Waals surface area contributed by atoms with Crippen molar-refractivity contribution in [3.05, 3.63) is 64.7 Å². The molecule has 0 amide bonds. The van der Waals surface area contributed by atoms with Gasteiger partial charge in [-0.2, -0.15) is 0 Å². The molecule has 11 nitrogen and oxygen atoms in total. The van der Waals surface area contributed by atoms with Crippen LogP contribution in [0.1, 0.15) is 0 Å². The number of halogens is 2. The summed E-state index contributed by atoms with van der Waals surface area (Å²) in [7, 11) is 0. The van der Waals surface area contributed by atoms with E-state index in [1.54, 1.807) is 0 Å². The molecule has 2 aromatic carbocycles. The Morgan fingerprint density at radius 1 is 0.840 bits per heavy atom. The van der Waals surface area contributed by atoms with Crippen molar-refractivity contribution < 1.29 is 24.6 Å². The summed E-state index contributed by atoms with van der Waals surface area (Å²) >= 11 is 11.4. The van der Waals surface area contributed by atoms with Crippen molar-refractivity contribution in [3.8, 4) is 17.2 Å². The number of nitro benzene ring substituents is 3. The molecule has 0 bridgehead atoms. The third kappa shape index (κ3) is 3.67. The molecule has 130 valence electrons. The lowest BCUT2D eigenvalue weighted by Crippen LogP contribution is -2.01. The van der Waals surface area contributed by atoms with Gasteiger partial charge in [0.05, 0.1) is 36.9 Å². The minimum absolute atomic E-state index is 0.0563. The lowest BCUT2D eigenvalue weighted by Gasteiger charge is -2.09. The minimum atomic E-state index is -1.09. The van der Waals surface area contributed by atoms with Crippen molar-refractivity contribution in [2.24, 2.45) is 0 Å². The van der Waals surface area contributed by atoms with Gasteiger partial charge in [0.1, 0.15) is 0 Å². The molecule has 0 aliphatic heterocycles. The fourth-order valence-corrected chi connectivity index (χ4v) is 2.09. The van der Waals surface area contributed by atoms with Gasteiger partial charge in [-0.25, -0.2) is 0 Å². The van der Waals surface area contributed by atoms with Gasteiger partial charge in [0.25, 0.3) is 11.4 Å². The highest BCUT2D eigenvalue weighted by atomic mass is 35.5. The van der Waals surface area contributed by atoms with E-state index < -0.39 is 49.1 Å². The fraction of sp³-hybridized carbons (Fsp3) is 0. The van der Waals surface area contributed by atoms with Crippen molar-refractivity contribution >= 4 is 40.3 Å². The summed E-state index contributed by atoms with van der Waals surface area (Å²) in [5, 5.41) is 42.7. The Kier molecular flexibility index (Phi) is 4.90. The van der Waals surface area contributed by atoms with E-state index in [1.165, 1.54) is 0 Å². The zero-order chi connectivity index (χ0) is 18.9. The van der Waals surface area contributed by atoms with Crippen LogP contribution in [0.15, 0.2) is 24.3 Å². The number of hydrogen-bond acceptors (Lipinski definition) is 8. The zero-order valence-electron chi connectivity index (χ0n) is 11.7. The average Bonchev–Trinajstić information content (AvgIpc) is 2.51. The lowest BCUT2D eigenvalue weighted by molar-refractivity contribution is -0.404. The smallest absolute Gasteiger partial charge is 0.325 e. The van der Waals surface area contributed by atoms with Gasteiger partial charge in [-0.3, -0.25) is 30.3 Å². The second-order valence-electron chi connectivity index (χ2n) is 4.42. The highest BCUT2D eigenvalue weighted by molar-refractivity contribution is 6.42. The van der Waals surface area contributed by atoms with Crippen molar-refractivity contribution in [3.63, 3.8) is 0 Å². The van der Waals surface area contributed by atoms with Gasteiger partial charge in [0.2, 0.25) is 0 Å². The van der Waals surface area contributed by atoms with E-state index in [2.05, 4.69) is 0 Å². The van der Waals surface area contributed by atoms with Crippen LogP contribution >= 0.6 is 23.2 Å². The SMILES string of the molecule is O=[N+]([O-])c1cc([N+](=O)[O-])c(Oc2cc(Cl)c(Cl)cc2O)c([N+](=O)[O-])c1. The number of phenolic OH excluding ortho intramolecular Hbond substituents is 1. The topological polar surface area (TPSA) is 159 Å². The van der Waals surface area contributed by atoms with Gasteiger partial charge in [0.15, 0.2) is 11.5 Å². The van der Waals surface area contributed by atoms with Gasteiger partial charge < -0.3 is 9.84 Å². The molecule has 0 fully saturated rings. The average molecular weight is 390 g/mol. The molecule has 0 aliphatic rings. The number of nitrogens with zero attached hydrogens (tertiary/aromatic N) is 3. The Balaban J connectivity index is 2.71. The van der Waals surface area contributed by atoms with Crippen LogP contribution < -0.4 is 4.74 Å². The predicted molar refractivity (Wildman–Crippen MR) is 84.6 cm³/mol. The lowest BCUT2D eigenvalue weighted by atomic mass is 10.2. The fourth-order valence-electron chi connectivity index (χ4n) is 1.78. The number of nitro groups is 3. The monoisotopic (exact) mass is 389 g/mol. The Morgan fingerprint density at radius 2 is 1.32 bits per heavy atom. The third-order valence-electron chi connectivity index (χ3n) is 2.85. The van der Waals surface area contributed by atoms with E-state index in [-0.39, 0.29) is 10.0 Å². The summed E-state index contributed by atoms with van der Waals surface area (Å²) < 4.78 is 5.07. The number of phenols is 1.